The number of rotatable bonds is 2. The van der Waals surface area contributed by atoms with Crippen LogP contribution in [0.25, 0.3) is 5.70 Å². The summed E-state index contributed by atoms with van der Waals surface area (Å²) in [5.41, 5.74) is 0.502. The molecule has 1 aromatic heterocycles. The van der Waals surface area contributed by atoms with E-state index in [4.69, 9.17) is 0 Å². The number of nitrogens with zero attached hydrogens (tertiary/aromatic N) is 1. The third-order valence-corrected chi connectivity index (χ3v) is 3.74. The van der Waals surface area contributed by atoms with Crippen LogP contribution in [0.15, 0.2) is 44.4 Å². The molecule has 1 aromatic carbocycles. The van der Waals surface area contributed by atoms with Gasteiger partial charge in [-0.15, -0.1) is 0 Å². The fourth-order valence-electron chi connectivity index (χ4n) is 2.59. The number of fused-ring (bicyclic) bond motifs is 1. The number of carbonyl (C=O) groups excluding carboxylic acids is 1. The molecular formula is C16H14N4O4. The van der Waals surface area contributed by atoms with E-state index in [1.165, 1.54) is 7.05 Å². The van der Waals surface area contributed by atoms with Gasteiger partial charge in [0.1, 0.15) is 5.56 Å². The van der Waals surface area contributed by atoms with Crippen LogP contribution < -0.4 is 16.6 Å². The number of aromatic hydroxyl groups is 1. The third-order valence-electron chi connectivity index (χ3n) is 3.74. The molecule has 0 fully saturated rings. The van der Waals surface area contributed by atoms with E-state index in [-0.39, 0.29) is 17.2 Å². The van der Waals surface area contributed by atoms with Crippen LogP contribution in [0.4, 0.5) is 0 Å². The van der Waals surface area contributed by atoms with Crippen molar-refractivity contribution < 1.29 is 9.90 Å². The Bertz CT molecular complexity index is 1030. The van der Waals surface area contributed by atoms with Crippen LogP contribution in [0.3, 0.4) is 0 Å². The van der Waals surface area contributed by atoms with Crippen LogP contribution in [0.5, 0.6) is 5.88 Å². The standard InChI is InChI=1S/C16H14N4O4/c1-7(13(21)17-2)11-8-5-3-4-6-9(8)12(18-11)10-14(22)19-16(24)20-15(10)23/h3-6H,1-2H3,(H,17,21)(H3,19,20,22,23,24)/b11-7+. The Hall–Kier alpha value is -3.42. The van der Waals surface area contributed by atoms with Gasteiger partial charge < -0.3 is 10.4 Å². The first kappa shape index (κ1) is 15.5. The number of hydrogen-bond donors (Lipinski definition) is 4. The van der Waals surface area contributed by atoms with Crippen LogP contribution >= 0.6 is 0 Å². The summed E-state index contributed by atoms with van der Waals surface area (Å²) in [6, 6.07) is 7.03. The molecule has 0 radical (unpaired) electrons. The minimum atomic E-state index is -0.814. The van der Waals surface area contributed by atoms with E-state index in [0.717, 1.165) is 0 Å². The average molecular weight is 326 g/mol. The zero-order valence-electron chi connectivity index (χ0n) is 12.9. The summed E-state index contributed by atoms with van der Waals surface area (Å²) < 4.78 is 0. The monoisotopic (exact) mass is 326 g/mol. The number of carbonyl (C=O) groups is 1. The van der Waals surface area contributed by atoms with Crippen molar-refractivity contribution in [3.05, 3.63) is 67.4 Å². The molecule has 0 saturated carbocycles. The predicted molar refractivity (Wildman–Crippen MR) is 88.1 cm³/mol. The fraction of sp³-hybridized carbons (Fsp3) is 0.125. The summed E-state index contributed by atoms with van der Waals surface area (Å²) in [5, 5.41) is 12.5. The quantitative estimate of drug-likeness (QED) is 0.583. The van der Waals surface area contributed by atoms with Crippen LogP contribution in [0.1, 0.15) is 23.6 Å². The maximum absolute atomic E-state index is 12.1. The minimum Gasteiger partial charge on any atom is -0.494 e. The second-order valence-corrected chi connectivity index (χ2v) is 5.19. The first-order chi connectivity index (χ1) is 11.4. The highest BCUT2D eigenvalue weighted by Crippen LogP contribution is 2.33. The van der Waals surface area contributed by atoms with Gasteiger partial charge in [0.2, 0.25) is 11.8 Å². The van der Waals surface area contributed by atoms with Gasteiger partial charge in [-0.2, -0.15) is 0 Å². The normalized spacial score (nSPS) is 14.8. The molecular weight excluding hydrogens is 312 g/mol. The molecule has 2 heterocycles. The molecule has 0 spiro atoms. The Morgan fingerprint density at radius 2 is 1.83 bits per heavy atom. The van der Waals surface area contributed by atoms with Gasteiger partial charge in [0.05, 0.1) is 11.4 Å². The number of likely N-dealkylation sites (N-methyl/N-ethyl adjacent to an activating group) is 1. The SMILES string of the molecule is CNC(=O)/C(C)=C1/N=C(c2c(O)[nH]c(=O)[nH]c2=O)c2ccccc21. The molecule has 0 bridgehead atoms. The van der Waals surface area contributed by atoms with Gasteiger partial charge in [-0.1, -0.05) is 24.3 Å². The van der Waals surface area contributed by atoms with Crippen molar-refractivity contribution in [1.29, 1.82) is 0 Å². The Morgan fingerprint density at radius 1 is 1.17 bits per heavy atom. The van der Waals surface area contributed by atoms with Gasteiger partial charge in [-0.3, -0.25) is 19.6 Å². The Kier molecular flexibility index (Phi) is 3.64. The minimum absolute atomic E-state index is 0.151. The van der Waals surface area contributed by atoms with Crippen molar-refractivity contribution >= 4 is 17.3 Å². The van der Waals surface area contributed by atoms with Crippen LogP contribution in [-0.2, 0) is 4.79 Å². The zero-order chi connectivity index (χ0) is 17.4. The van der Waals surface area contributed by atoms with Gasteiger partial charge in [0, 0.05) is 23.7 Å². The number of hydrogen-bond acceptors (Lipinski definition) is 5. The summed E-state index contributed by atoms with van der Waals surface area (Å²) in [4.78, 5) is 43.9. The molecule has 0 atom stereocenters. The smallest absolute Gasteiger partial charge is 0.328 e. The number of aromatic nitrogens is 2. The van der Waals surface area contributed by atoms with Crippen molar-refractivity contribution in [2.45, 2.75) is 6.92 Å². The highest BCUT2D eigenvalue weighted by molar-refractivity contribution is 6.22. The summed E-state index contributed by atoms with van der Waals surface area (Å²) in [5.74, 6) is -0.874. The van der Waals surface area contributed by atoms with E-state index in [2.05, 4.69) is 20.3 Å². The van der Waals surface area contributed by atoms with Crippen molar-refractivity contribution in [3.63, 3.8) is 0 Å². The molecule has 4 N–H and O–H groups in total. The summed E-state index contributed by atoms with van der Waals surface area (Å²) in [7, 11) is 1.51. The molecule has 0 aliphatic carbocycles. The van der Waals surface area contributed by atoms with E-state index in [0.29, 0.717) is 22.4 Å². The predicted octanol–water partition coefficient (Wildman–Crippen LogP) is 0.0968. The third kappa shape index (κ3) is 2.34. The van der Waals surface area contributed by atoms with E-state index >= 15 is 0 Å². The maximum Gasteiger partial charge on any atom is 0.328 e. The summed E-state index contributed by atoms with van der Waals surface area (Å²) in [6.45, 7) is 1.62. The molecule has 3 rings (SSSR count). The van der Waals surface area contributed by atoms with Crippen molar-refractivity contribution in [2.24, 2.45) is 4.99 Å². The molecule has 1 amide bonds. The van der Waals surface area contributed by atoms with Gasteiger partial charge in [0.25, 0.3) is 5.56 Å². The largest absolute Gasteiger partial charge is 0.494 e. The lowest BCUT2D eigenvalue weighted by Gasteiger charge is -2.04. The fourth-order valence-corrected chi connectivity index (χ4v) is 2.59. The van der Waals surface area contributed by atoms with Crippen LogP contribution in [-0.4, -0.2) is 33.7 Å². The first-order valence-corrected chi connectivity index (χ1v) is 7.11. The molecule has 1 aliphatic rings. The first-order valence-electron chi connectivity index (χ1n) is 7.11. The number of amides is 1. The number of H-pyrrole nitrogens is 2. The Balaban J connectivity index is 2.33. The van der Waals surface area contributed by atoms with Gasteiger partial charge in [0.15, 0.2) is 0 Å². The second-order valence-electron chi connectivity index (χ2n) is 5.19. The van der Waals surface area contributed by atoms with E-state index in [9.17, 15) is 19.5 Å². The highest BCUT2D eigenvalue weighted by atomic mass is 16.3. The van der Waals surface area contributed by atoms with Crippen molar-refractivity contribution in [2.75, 3.05) is 7.05 Å². The lowest BCUT2D eigenvalue weighted by molar-refractivity contribution is -0.116. The van der Waals surface area contributed by atoms with E-state index in [1.54, 1.807) is 31.2 Å². The average Bonchev–Trinajstić information content (AvgIpc) is 2.92. The molecule has 8 nitrogen and oxygen atoms in total. The highest BCUT2D eigenvalue weighted by Gasteiger charge is 2.28. The second kappa shape index (κ2) is 5.65. The summed E-state index contributed by atoms with van der Waals surface area (Å²) >= 11 is 0. The molecule has 0 unspecified atom stereocenters. The van der Waals surface area contributed by atoms with Crippen LogP contribution in [0, 0.1) is 0 Å². The lowest BCUT2D eigenvalue weighted by Crippen LogP contribution is -2.27. The topological polar surface area (TPSA) is 127 Å². The number of benzene rings is 1. The molecule has 24 heavy (non-hydrogen) atoms. The molecule has 2 aromatic rings. The van der Waals surface area contributed by atoms with Crippen LogP contribution in [0.2, 0.25) is 0 Å². The molecule has 1 aliphatic heterocycles. The van der Waals surface area contributed by atoms with Crippen molar-refractivity contribution in [3.8, 4) is 5.88 Å². The number of nitrogens with one attached hydrogen (secondary N) is 3. The lowest BCUT2D eigenvalue weighted by atomic mass is 9.99. The van der Waals surface area contributed by atoms with E-state index < -0.39 is 17.1 Å². The summed E-state index contributed by atoms with van der Waals surface area (Å²) in [6.07, 6.45) is 0. The molecule has 0 saturated heterocycles. The van der Waals surface area contributed by atoms with Gasteiger partial charge in [-0.25, -0.2) is 9.79 Å². The number of aliphatic imine (C=N–C) groups is 1. The van der Waals surface area contributed by atoms with E-state index in [1.807, 2.05) is 0 Å². The Labute approximate surface area is 135 Å². The van der Waals surface area contributed by atoms with Gasteiger partial charge >= 0.3 is 5.69 Å². The Morgan fingerprint density at radius 3 is 2.46 bits per heavy atom. The zero-order valence-corrected chi connectivity index (χ0v) is 12.9. The maximum atomic E-state index is 12.1. The molecule has 8 heteroatoms. The van der Waals surface area contributed by atoms with Crippen molar-refractivity contribution in [1.82, 2.24) is 15.3 Å². The number of aromatic amines is 2. The molecule has 122 valence electrons. The van der Waals surface area contributed by atoms with Gasteiger partial charge in [-0.05, 0) is 6.92 Å².